The normalized spacial score (nSPS) is 19.2. The van der Waals surface area contributed by atoms with E-state index in [1.807, 2.05) is 37.2 Å². The van der Waals surface area contributed by atoms with Crippen LogP contribution in [0.4, 0.5) is 5.69 Å². The summed E-state index contributed by atoms with van der Waals surface area (Å²) in [6, 6.07) is 14.6. The van der Waals surface area contributed by atoms with Gasteiger partial charge in [-0.1, -0.05) is 35.4 Å². The third-order valence-electron chi connectivity index (χ3n) is 4.43. The third-order valence-corrected chi connectivity index (χ3v) is 4.43. The van der Waals surface area contributed by atoms with Crippen LogP contribution in [-0.2, 0) is 0 Å². The highest BCUT2D eigenvalue weighted by atomic mass is 16.5. The molecule has 0 bridgehead atoms. The van der Waals surface area contributed by atoms with Crippen LogP contribution in [0.5, 0.6) is 5.75 Å². The molecule has 122 valence electrons. The van der Waals surface area contributed by atoms with Gasteiger partial charge in [-0.2, -0.15) is 5.26 Å². The molecular formula is C20H21N3O. The summed E-state index contributed by atoms with van der Waals surface area (Å²) in [7, 11) is 3.94. The standard InChI is InChI=1S/C20H21N3O/c1-12-7-13(2)9-14(8-12)19-16-6-5-15(23(3)4)10-18(16)24-20(22)17(19)11-21/h5-10,17,19,22H,1-4H3. The van der Waals surface area contributed by atoms with E-state index in [1.165, 1.54) is 0 Å². The van der Waals surface area contributed by atoms with Gasteiger partial charge in [-0.05, 0) is 25.5 Å². The van der Waals surface area contributed by atoms with Crippen molar-refractivity contribution in [3.63, 3.8) is 0 Å². The first-order valence-corrected chi connectivity index (χ1v) is 7.96. The van der Waals surface area contributed by atoms with Crippen molar-refractivity contribution >= 4 is 11.6 Å². The first-order chi connectivity index (χ1) is 11.4. The Bertz CT molecular complexity index is 828. The van der Waals surface area contributed by atoms with Crippen LogP contribution < -0.4 is 9.64 Å². The zero-order chi connectivity index (χ0) is 17.4. The van der Waals surface area contributed by atoms with Gasteiger partial charge in [0.25, 0.3) is 0 Å². The van der Waals surface area contributed by atoms with Gasteiger partial charge in [0.2, 0.25) is 5.90 Å². The lowest BCUT2D eigenvalue weighted by Crippen LogP contribution is -2.31. The second-order valence-corrected chi connectivity index (χ2v) is 6.59. The average Bonchev–Trinajstić information content (AvgIpc) is 2.51. The van der Waals surface area contributed by atoms with E-state index < -0.39 is 5.92 Å². The van der Waals surface area contributed by atoms with E-state index >= 15 is 0 Å². The van der Waals surface area contributed by atoms with Gasteiger partial charge >= 0.3 is 0 Å². The van der Waals surface area contributed by atoms with Gasteiger partial charge in [0.1, 0.15) is 11.7 Å². The Morgan fingerprint density at radius 3 is 2.33 bits per heavy atom. The Kier molecular flexibility index (Phi) is 4.02. The number of fused-ring (bicyclic) bond motifs is 1. The monoisotopic (exact) mass is 319 g/mol. The van der Waals surface area contributed by atoms with Crippen LogP contribution in [0.3, 0.4) is 0 Å². The van der Waals surface area contributed by atoms with E-state index in [1.54, 1.807) is 0 Å². The minimum Gasteiger partial charge on any atom is -0.442 e. The topological polar surface area (TPSA) is 60.1 Å². The minimum atomic E-state index is -0.607. The molecule has 0 amide bonds. The van der Waals surface area contributed by atoms with Gasteiger partial charge in [-0.25, -0.2) is 0 Å². The molecule has 0 radical (unpaired) electrons. The molecule has 0 aromatic heterocycles. The Morgan fingerprint density at radius 1 is 1.08 bits per heavy atom. The molecule has 1 N–H and O–H groups in total. The molecule has 1 aliphatic rings. The summed E-state index contributed by atoms with van der Waals surface area (Å²) in [5, 5.41) is 17.8. The molecule has 2 aromatic rings. The van der Waals surface area contributed by atoms with E-state index in [2.05, 4.69) is 38.1 Å². The predicted octanol–water partition coefficient (Wildman–Crippen LogP) is 4.01. The van der Waals surface area contributed by atoms with E-state index in [9.17, 15) is 5.26 Å². The maximum atomic E-state index is 9.62. The maximum absolute atomic E-state index is 9.62. The van der Waals surface area contributed by atoms with Crippen LogP contribution in [0.25, 0.3) is 0 Å². The fraction of sp³-hybridized carbons (Fsp3) is 0.300. The van der Waals surface area contributed by atoms with Crippen molar-refractivity contribution in [3.05, 3.63) is 58.7 Å². The number of aryl methyl sites for hydroxylation is 2. The number of nitrogens with one attached hydrogen (secondary N) is 1. The second-order valence-electron chi connectivity index (χ2n) is 6.59. The van der Waals surface area contributed by atoms with E-state index in [0.717, 1.165) is 27.9 Å². The molecule has 24 heavy (non-hydrogen) atoms. The second kappa shape index (κ2) is 6.01. The molecule has 3 rings (SSSR count). The number of benzene rings is 2. The number of hydrogen-bond acceptors (Lipinski definition) is 4. The maximum Gasteiger partial charge on any atom is 0.205 e. The van der Waals surface area contributed by atoms with Gasteiger partial charge < -0.3 is 9.64 Å². The van der Waals surface area contributed by atoms with Crippen LogP contribution >= 0.6 is 0 Å². The Hall–Kier alpha value is -2.80. The van der Waals surface area contributed by atoms with Crippen molar-refractivity contribution in [1.82, 2.24) is 0 Å². The van der Waals surface area contributed by atoms with Crippen molar-refractivity contribution in [1.29, 1.82) is 10.7 Å². The van der Waals surface area contributed by atoms with E-state index in [0.29, 0.717) is 5.75 Å². The van der Waals surface area contributed by atoms with Crippen molar-refractivity contribution in [2.24, 2.45) is 5.92 Å². The number of anilines is 1. The number of ether oxygens (including phenoxy) is 1. The van der Waals surface area contributed by atoms with Gasteiger partial charge in [0, 0.05) is 37.3 Å². The molecule has 0 spiro atoms. The molecule has 1 aliphatic heterocycles. The SMILES string of the molecule is Cc1cc(C)cc(C2c3ccc(N(C)C)cc3OC(=N)C2C#N)c1. The largest absolute Gasteiger partial charge is 0.442 e. The molecule has 0 saturated carbocycles. The first kappa shape index (κ1) is 16.1. The smallest absolute Gasteiger partial charge is 0.205 e. The van der Waals surface area contributed by atoms with Crippen LogP contribution in [0.2, 0.25) is 0 Å². The molecule has 0 fully saturated rings. The molecule has 2 aromatic carbocycles. The molecule has 4 nitrogen and oxygen atoms in total. The quantitative estimate of drug-likeness (QED) is 0.909. The van der Waals surface area contributed by atoms with Crippen LogP contribution in [0, 0.1) is 36.5 Å². The number of rotatable bonds is 2. The molecule has 2 atom stereocenters. The highest BCUT2D eigenvalue weighted by Crippen LogP contribution is 2.43. The van der Waals surface area contributed by atoms with Crippen LogP contribution in [0.1, 0.15) is 28.2 Å². The molecule has 0 saturated heterocycles. The summed E-state index contributed by atoms with van der Waals surface area (Å²) in [5.74, 6) is -0.100. The van der Waals surface area contributed by atoms with Gasteiger partial charge in [0.15, 0.2) is 0 Å². The Labute approximate surface area is 142 Å². The number of nitriles is 1. The fourth-order valence-corrected chi connectivity index (χ4v) is 3.35. The molecule has 0 aliphatic carbocycles. The van der Waals surface area contributed by atoms with Gasteiger partial charge in [0.05, 0.1) is 6.07 Å². The third kappa shape index (κ3) is 2.74. The lowest BCUT2D eigenvalue weighted by atomic mass is 9.78. The molecule has 1 heterocycles. The summed E-state index contributed by atoms with van der Waals surface area (Å²) < 4.78 is 5.67. The van der Waals surface area contributed by atoms with Crippen molar-refractivity contribution < 1.29 is 4.74 Å². The molecular weight excluding hydrogens is 298 g/mol. The van der Waals surface area contributed by atoms with Crippen LogP contribution in [-0.4, -0.2) is 20.0 Å². The minimum absolute atomic E-state index is 0.0186. The Balaban J connectivity index is 2.19. The summed E-state index contributed by atoms with van der Waals surface area (Å²) in [5.41, 5.74) is 5.35. The van der Waals surface area contributed by atoms with Crippen molar-refractivity contribution in [2.45, 2.75) is 19.8 Å². The van der Waals surface area contributed by atoms with E-state index in [-0.39, 0.29) is 11.8 Å². The first-order valence-electron chi connectivity index (χ1n) is 7.96. The Morgan fingerprint density at radius 2 is 1.75 bits per heavy atom. The lowest BCUT2D eigenvalue weighted by Gasteiger charge is -2.31. The van der Waals surface area contributed by atoms with Gasteiger partial charge in [-0.15, -0.1) is 0 Å². The molecule has 2 unspecified atom stereocenters. The van der Waals surface area contributed by atoms with Gasteiger partial charge in [-0.3, -0.25) is 5.41 Å². The number of hydrogen-bond donors (Lipinski definition) is 1. The zero-order valence-corrected chi connectivity index (χ0v) is 14.4. The average molecular weight is 319 g/mol. The molecule has 4 heteroatoms. The van der Waals surface area contributed by atoms with Crippen molar-refractivity contribution in [3.8, 4) is 11.8 Å². The predicted molar refractivity (Wildman–Crippen MR) is 96.0 cm³/mol. The summed E-state index contributed by atoms with van der Waals surface area (Å²) in [4.78, 5) is 2.00. The summed E-state index contributed by atoms with van der Waals surface area (Å²) >= 11 is 0. The highest BCUT2D eigenvalue weighted by molar-refractivity contribution is 5.85. The number of nitrogens with zero attached hydrogens (tertiary/aromatic N) is 2. The fourth-order valence-electron chi connectivity index (χ4n) is 3.35. The van der Waals surface area contributed by atoms with E-state index in [4.69, 9.17) is 10.1 Å². The lowest BCUT2D eigenvalue weighted by molar-refractivity contribution is 0.450. The highest BCUT2D eigenvalue weighted by Gasteiger charge is 2.37. The zero-order valence-electron chi connectivity index (χ0n) is 14.4. The summed E-state index contributed by atoms with van der Waals surface area (Å²) in [6.45, 7) is 4.11. The van der Waals surface area contributed by atoms with Crippen molar-refractivity contribution in [2.75, 3.05) is 19.0 Å². The summed E-state index contributed by atoms with van der Waals surface area (Å²) in [6.07, 6.45) is 0. The van der Waals surface area contributed by atoms with Crippen LogP contribution in [0.15, 0.2) is 36.4 Å².